The first-order chi connectivity index (χ1) is 20.4. The molecule has 0 radical (unpaired) electrons. The number of hydrogen-bond acceptors (Lipinski definition) is 9. The first kappa shape index (κ1) is 28.5. The molecule has 0 aliphatic carbocycles. The van der Waals surface area contributed by atoms with E-state index in [-0.39, 0.29) is 36.2 Å². The van der Waals surface area contributed by atoms with Crippen molar-refractivity contribution in [1.82, 2.24) is 24.3 Å². The lowest BCUT2D eigenvalue weighted by molar-refractivity contribution is -0.0592. The van der Waals surface area contributed by atoms with E-state index in [2.05, 4.69) is 14.5 Å². The standard InChI is InChI=1S/C29H29Cl2N5O6/c1-39-29(38)18-2-4-22-23(12-18)36(15-20-6-11-40-20)26(33-22)16-34-7-9-35(10-8-34)28(37)25-14-32-27(42-25)17-41-24-5-3-19(30)13-21(24)31/h2-5,12-14,20H,6-11,15-17H2,1H3. The van der Waals surface area contributed by atoms with Crippen LogP contribution < -0.4 is 4.74 Å². The monoisotopic (exact) mass is 613 g/mol. The summed E-state index contributed by atoms with van der Waals surface area (Å²) in [6.45, 7) is 4.45. The highest BCUT2D eigenvalue weighted by Crippen LogP contribution is 2.28. The Morgan fingerprint density at radius 1 is 1.10 bits per heavy atom. The second-order valence-corrected chi connectivity index (χ2v) is 11.0. The maximum atomic E-state index is 13.1. The fraction of sp³-hybridized carbons (Fsp3) is 0.379. The van der Waals surface area contributed by atoms with Crippen LogP contribution in [-0.4, -0.2) is 82.2 Å². The fourth-order valence-corrected chi connectivity index (χ4v) is 5.51. The number of fused-ring (bicyclic) bond motifs is 1. The van der Waals surface area contributed by atoms with Gasteiger partial charge in [-0.25, -0.2) is 14.8 Å². The smallest absolute Gasteiger partial charge is 0.337 e. The molecule has 2 fully saturated rings. The van der Waals surface area contributed by atoms with Crippen LogP contribution in [0.4, 0.5) is 0 Å². The number of hydrogen-bond donors (Lipinski definition) is 0. The zero-order chi connectivity index (χ0) is 29.2. The van der Waals surface area contributed by atoms with Crippen molar-refractivity contribution in [3.05, 3.63) is 75.7 Å². The van der Waals surface area contributed by atoms with Crippen molar-refractivity contribution in [2.45, 2.75) is 32.2 Å². The van der Waals surface area contributed by atoms with Gasteiger partial charge >= 0.3 is 5.97 Å². The number of rotatable bonds is 9. The number of carbonyl (C=O) groups is 2. The summed E-state index contributed by atoms with van der Waals surface area (Å²) < 4.78 is 24.1. The molecule has 4 aromatic rings. The topological polar surface area (TPSA) is 112 Å². The summed E-state index contributed by atoms with van der Waals surface area (Å²) in [5.41, 5.74) is 2.17. The number of aromatic nitrogens is 3. The number of amides is 1. The molecular formula is C29H29Cl2N5O6. The molecule has 6 rings (SSSR count). The normalized spacial score (nSPS) is 17.3. The minimum atomic E-state index is -0.385. The predicted molar refractivity (Wildman–Crippen MR) is 154 cm³/mol. The molecule has 2 saturated heterocycles. The van der Waals surface area contributed by atoms with Crippen LogP contribution in [0.3, 0.4) is 0 Å². The number of halogens is 2. The predicted octanol–water partition coefficient (Wildman–Crippen LogP) is 4.44. The molecule has 220 valence electrons. The number of imidazole rings is 1. The Hall–Kier alpha value is -3.64. The van der Waals surface area contributed by atoms with Gasteiger partial charge in [0.25, 0.3) is 5.91 Å². The SMILES string of the molecule is COC(=O)c1ccc2nc(CN3CCN(C(=O)c4cnc(COc5ccc(Cl)cc5Cl)o4)CC3)n(CC3CCO3)c2c1. The average Bonchev–Trinajstić information content (AvgIpc) is 3.58. The Morgan fingerprint density at radius 3 is 2.62 bits per heavy atom. The third-order valence-electron chi connectivity index (χ3n) is 7.46. The number of nitrogens with zero attached hydrogens (tertiary/aromatic N) is 5. The molecule has 4 heterocycles. The van der Waals surface area contributed by atoms with Crippen LogP contribution >= 0.6 is 23.2 Å². The largest absolute Gasteiger partial charge is 0.482 e. The minimum absolute atomic E-state index is 0.0242. The number of esters is 1. The minimum Gasteiger partial charge on any atom is -0.482 e. The number of methoxy groups -OCH3 is 1. The van der Waals surface area contributed by atoms with Crippen molar-refractivity contribution in [3.8, 4) is 5.75 Å². The molecule has 0 spiro atoms. The summed E-state index contributed by atoms with van der Waals surface area (Å²) in [4.78, 5) is 38.3. The highest BCUT2D eigenvalue weighted by atomic mass is 35.5. The van der Waals surface area contributed by atoms with Crippen LogP contribution in [0.25, 0.3) is 11.0 Å². The zero-order valence-corrected chi connectivity index (χ0v) is 24.4. The van der Waals surface area contributed by atoms with Gasteiger partial charge in [-0.05, 0) is 42.8 Å². The van der Waals surface area contributed by atoms with Crippen molar-refractivity contribution in [2.75, 3.05) is 39.9 Å². The van der Waals surface area contributed by atoms with Gasteiger partial charge in [0, 0.05) is 37.8 Å². The Bertz CT molecular complexity index is 1610. The number of piperazine rings is 1. The fourth-order valence-electron chi connectivity index (χ4n) is 5.05. The summed E-state index contributed by atoms with van der Waals surface area (Å²) in [6.07, 6.45) is 2.53. The van der Waals surface area contributed by atoms with E-state index >= 15 is 0 Å². The zero-order valence-electron chi connectivity index (χ0n) is 22.9. The van der Waals surface area contributed by atoms with E-state index in [1.165, 1.54) is 13.3 Å². The molecule has 1 atom stereocenters. The van der Waals surface area contributed by atoms with Gasteiger partial charge in [-0.3, -0.25) is 9.69 Å². The molecule has 2 aromatic heterocycles. The van der Waals surface area contributed by atoms with Gasteiger partial charge in [-0.2, -0.15) is 0 Å². The van der Waals surface area contributed by atoms with Crippen molar-refractivity contribution in [3.63, 3.8) is 0 Å². The Balaban J connectivity index is 1.08. The van der Waals surface area contributed by atoms with Gasteiger partial charge < -0.3 is 28.1 Å². The van der Waals surface area contributed by atoms with E-state index in [1.807, 2.05) is 12.1 Å². The molecule has 0 bridgehead atoms. The summed E-state index contributed by atoms with van der Waals surface area (Å²) in [6, 6.07) is 10.3. The second-order valence-electron chi connectivity index (χ2n) is 10.2. The molecule has 1 unspecified atom stereocenters. The Morgan fingerprint density at radius 2 is 1.90 bits per heavy atom. The van der Waals surface area contributed by atoms with E-state index < -0.39 is 0 Å². The van der Waals surface area contributed by atoms with Crippen LogP contribution in [0.15, 0.2) is 47.0 Å². The Labute approximate surface area is 251 Å². The highest BCUT2D eigenvalue weighted by molar-refractivity contribution is 6.35. The van der Waals surface area contributed by atoms with E-state index in [9.17, 15) is 9.59 Å². The summed E-state index contributed by atoms with van der Waals surface area (Å²) in [5, 5.41) is 0.883. The summed E-state index contributed by atoms with van der Waals surface area (Å²) >= 11 is 12.1. The van der Waals surface area contributed by atoms with Crippen molar-refractivity contribution in [2.24, 2.45) is 0 Å². The van der Waals surface area contributed by atoms with Gasteiger partial charge in [0.1, 0.15) is 11.6 Å². The average molecular weight is 614 g/mol. The molecule has 0 N–H and O–H groups in total. The van der Waals surface area contributed by atoms with E-state index in [0.717, 1.165) is 29.9 Å². The number of carbonyl (C=O) groups excluding carboxylic acids is 2. The summed E-state index contributed by atoms with van der Waals surface area (Å²) in [5.74, 6) is 1.16. The van der Waals surface area contributed by atoms with Crippen LogP contribution in [0.2, 0.25) is 10.0 Å². The van der Waals surface area contributed by atoms with Crippen molar-refractivity contribution >= 4 is 46.1 Å². The molecule has 13 heteroatoms. The lowest BCUT2D eigenvalue weighted by atomic mass is 10.1. The number of oxazole rings is 1. The molecule has 2 aliphatic rings. The molecule has 11 nitrogen and oxygen atoms in total. The van der Waals surface area contributed by atoms with E-state index in [1.54, 1.807) is 29.2 Å². The van der Waals surface area contributed by atoms with Gasteiger partial charge in [-0.15, -0.1) is 0 Å². The van der Waals surface area contributed by atoms with Gasteiger partial charge in [0.05, 0.1) is 54.1 Å². The van der Waals surface area contributed by atoms with Crippen LogP contribution in [0.5, 0.6) is 5.75 Å². The van der Waals surface area contributed by atoms with Crippen LogP contribution in [-0.2, 0) is 29.2 Å². The first-order valence-electron chi connectivity index (χ1n) is 13.6. The van der Waals surface area contributed by atoms with Crippen LogP contribution in [0, 0.1) is 0 Å². The number of benzene rings is 2. The maximum Gasteiger partial charge on any atom is 0.337 e. The van der Waals surface area contributed by atoms with E-state index in [0.29, 0.717) is 60.6 Å². The van der Waals surface area contributed by atoms with Crippen molar-refractivity contribution in [1.29, 1.82) is 0 Å². The molecule has 42 heavy (non-hydrogen) atoms. The molecule has 2 aromatic carbocycles. The van der Waals surface area contributed by atoms with Crippen molar-refractivity contribution < 1.29 is 28.2 Å². The Kier molecular flexibility index (Phi) is 8.34. The maximum absolute atomic E-state index is 13.1. The lowest BCUT2D eigenvalue weighted by Crippen LogP contribution is -2.48. The molecular weight excluding hydrogens is 585 g/mol. The quantitative estimate of drug-likeness (QED) is 0.253. The van der Waals surface area contributed by atoms with Gasteiger partial charge in [0.15, 0.2) is 6.61 Å². The molecule has 1 amide bonds. The molecule has 2 aliphatic heterocycles. The third-order valence-corrected chi connectivity index (χ3v) is 7.99. The first-order valence-corrected chi connectivity index (χ1v) is 14.4. The number of ether oxygens (including phenoxy) is 3. The third kappa shape index (κ3) is 6.10. The lowest BCUT2D eigenvalue weighted by Gasteiger charge is -2.34. The van der Waals surface area contributed by atoms with Gasteiger partial charge in [0.2, 0.25) is 11.7 Å². The molecule has 0 saturated carbocycles. The van der Waals surface area contributed by atoms with Gasteiger partial charge in [-0.1, -0.05) is 23.2 Å². The van der Waals surface area contributed by atoms with Crippen LogP contribution in [0.1, 0.15) is 39.0 Å². The summed E-state index contributed by atoms with van der Waals surface area (Å²) in [7, 11) is 1.37. The highest BCUT2D eigenvalue weighted by Gasteiger charge is 2.27. The van der Waals surface area contributed by atoms with E-state index in [4.69, 9.17) is 46.8 Å². The second kappa shape index (κ2) is 12.3.